The number of piperazine rings is 1. The smallest absolute Gasteiger partial charge is 0.129 e. The number of aryl methyl sites for hydroxylation is 1. The van der Waals surface area contributed by atoms with Crippen molar-refractivity contribution in [1.29, 1.82) is 0 Å². The van der Waals surface area contributed by atoms with Crippen molar-refractivity contribution in [2.45, 2.75) is 6.92 Å². The Balaban J connectivity index is 1.88. The molecule has 0 bridgehead atoms. The number of benzene rings is 2. The fourth-order valence-electron chi connectivity index (χ4n) is 3.19. The molecule has 1 aliphatic rings. The van der Waals surface area contributed by atoms with E-state index in [1.165, 1.54) is 22.1 Å². The van der Waals surface area contributed by atoms with Gasteiger partial charge in [0.25, 0.3) is 0 Å². The molecule has 2 aromatic carbocycles. The SMILES string of the molecule is Cc1ccc(-c2cc(N3CCNCC3)nc3ccccc23)cc1. The van der Waals surface area contributed by atoms with Crippen LogP contribution in [0.2, 0.25) is 0 Å². The summed E-state index contributed by atoms with van der Waals surface area (Å²) in [5.41, 5.74) is 4.88. The molecular formula is C20H21N3. The Morgan fingerprint density at radius 2 is 1.70 bits per heavy atom. The number of nitrogens with one attached hydrogen (secondary N) is 1. The number of hydrogen-bond donors (Lipinski definition) is 1. The molecule has 1 aromatic heterocycles. The highest BCUT2D eigenvalue weighted by molar-refractivity contribution is 5.96. The van der Waals surface area contributed by atoms with E-state index in [9.17, 15) is 0 Å². The molecule has 0 unspecified atom stereocenters. The second-order valence-electron chi connectivity index (χ2n) is 6.15. The Bertz CT molecular complexity index is 818. The number of pyridine rings is 1. The summed E-state index contributed by atoms with van der Waals surface area (Å²) >= 11 is 0. The van der Waals surface area contributed by atoms with Crippen molar-refractivity contribution in [3.8, 4) is 11.1 Å². The summed E-state index contributed by atoms with van der Waals surface area (Å²) in [6, 6.07) is 19.4. The molecule has 3 nitrogen and oxygen atoms in total. The van der Waals surface area contributed by atoms with E-state index in [1.54, 1.807) is 0 Å². The largest absolute Gasteiger partial charge is 0.354 e. The van der Waals surface area contributed by atoms with Crippen LogP contribution in [-0.4, -0.2) is 31.2 Å². The highest BCUT2D eigenvalue weighted by Gasteiger charge is 2.15. The van der Waals surface area contributed by atoms with Gasteiger partial charge >= 0.3 is 0 Å². The second kappa shape index (κ2) is 6.01. The third kappa shape index (κ3) is 2.80. The molecule has 3 heteroatoms. The average Bonchev–Trinajstić information content (AvgIpc) is 2.62. The molecule has 0 spiro atoms. The van der Waals surface area contributed by atoms with Gasteiger partial charge in [-0.1, -0.05) is 48.0 Å². The van der Waals surface area contributed by atoms with Crippen LogP contribution < -0.4 is 10.2 Å². The molecule has 1 aliphatic heterocycles. The van der Waals surface area contributed by atoms with Crippen LogP contribution in [0.3, 0.4) is 0 Å². The van der Waals surface area contributed by atoms with E-state index in [4.69, 9.17) is 4.98 Å². The van der Waals surface area contributed by atoms with Crippen LogP contribution in [0, 0.1) is 6.92 Å². The summed E-state index contributed by atoms with van der Waals surface area (Å²) in [4.78, 5) is 7.28. The fraction of sp³-hybridized carbons (Fsp3) is 0.250. The predicted octanol–water partition coefficient (Wildman–Crippen LogP) is 3.62. The van der Waals surface area contributed by atoms with Crippen molar-refractivity contribution in [1.82, 2.24) is 10.3 Å². The van der Waals surface area contributed by atoms with Gasteiger partial charge in [-0.3, -0.25) is 0 Å². The number of anilines is 1. The number of aromatic nitrogens is 1. The van der Waals surface area contributed by atoms with E-state index in [-0.39, 0.29) is 0 Å². The molecule has 23 heavy (non-hydrogen) atoms. The van der Waals surface area contributed by atoms with E-state index < -0.39 is 0 Å². The molecular weight excluding hydrogens is 282 g/mol. The maximum Gasteiger partial charge on any atom is 0.129 e. The van der Waals surface area contributed by atoms with E-state index in [1.807, 2.05) is 0 Å². The highest BCUT2D eigenvalue weighted by atomic mass is 15.2. The van der Waals surface area contributed by atoms with Crippen LogP contribution in [0.4, 0.5) is 5.82 Å². The molecule has 0 radical (unpaired) electrons. The zero-order valence-corrected chi connectivity index (χ0v) is 13.4. The Kier molecular flexibility index (Phi) is 3.72. The lowest BCUT2D eigenvalue weighted by Crippen LogP contribution is -2.43. The van der Waals surface area contributed by atoms with E-state index in [0.29, 0.717) is 0 Å². The molecule has 3 aromatic rings. The third-order valence-electron chi connectivity index (χ3n) is 4.51. The van der Waals surface area contributed by atoms with Gasteiger partial charge in [0, 0.05) is 31.6 Å². The Morgan fingerprint density at radius 1 is 0.957 bits per heavy atom. The number of nitrogens with zero attached hydrogens (tertiary/aromatic N) is 2. The van der Waals surface area contributed by atoms with Crippen LogP contribution >= 0.6 is 0 Å². The lowest BCUT2D eigenvalue weighted by atomic mass is 10.00. The highest BCUT2D eigenvalue weighted by Crippen LogP contribution is 2.31. The number of fused-ring (bicyclic) bond motifs is 1. The first-order chi connectivity index (χ1) is 11.3. The quantitative estimate of drug-likeness (QED) is 0.784. The molecule has 4 rings (SSSR count). The van der Waals surface area contributed by atoms with Gasteiger partial charge in [0.1, 0.15) is 5.82 Å². The van der Waals surface area contributed by atoms with Gasteiger partial charge in [0.2, 0.25) is 0 Å². The van der Waals surface area contributed by atoms with Crippen molar-refractivity contribution >= 4 is 16.7 Å². The van der Waals surface area contributed by atoms with Crippen molar-refractivity contribution in [3.05, 3.63) is 60.2 Å². The monoisotopic (exact) mass is 303 g/mol. The van der Waals surface area contributed by atoms with Crippen LogP contribution in [0.5, 0.6) is 0 Å². The lowest BCUT2D eigenvalue weighted by Gasteiger charge is -2.29. The Hall–Kier alpha value is -2.39. The van der Waals surface area contributed by atoms with E-state index in [0.717, 1.165) is 37.5 Å². The summed E-state index contributed by atoms with van der Waals surface area (Å²) in [5.74, 6) is 1.08. The first kappa shape index (κ1) is 14.2. The second-order valence-corrected chi connectivity index (χ2v) is 6.15. The minimum Gasteiger partial charge on any atom is -0.354 e. The van der Waals surface area contributed by atoms with Crippen molar-refractivity contribution < 1.29 is 0 Å². The minimum absolute atomic E-state index is 1.01. The first-order valence-corrected chi connectivity index (χ1v) is 8.24. The number of para-hydroxylation sites is 1. The minimum atomic E-state index is 1.01. The van der Waals surface area contributed by atoms with Gasteiger partial charge in [-0.25, -0.2) is 4.98 Å². The topological polar surface area (TPSA) is 28.2 Å². The van der Waals surface area contributed by atoms with Gasteiger partial charge < -0.3 is 10.2 Å². The van der Waals surface area contributed by atoms with Crippen LogP contribution in [-0.2, 0) is 0 Å². The summed E-state index contributed by atoms with van der Waals surface area (Å²) in [5, 5.41) is 4.62. The van der Waals surface area contributed by atoms with Crippen molar-refractivity contribution in [3.63, 3.8) is 0 Å². The number of rotatable bonds is 2. The maximum absolute atomic E-state index is 4.90. The van der Waals surface area contributed by atoms with Gasteiger partial charge in [0.05, 0.1) is 5.52 Å². The molecule has 2 heterocycles. The van der Waals surface area contributed by atoms with E-state index in [2.05, 4.69) is 71.7 Å². The van der Waals surface area contributed by atoms with Crippen LogP contribution in [0.1, 0.15) is 5.56 Å². The molecule has 0 aliphatic carbocycles. The predicted molar refractivity (Wildman–Crippen MR) is 97.0 cm³/mol. The van der Waals surface area contributed by atoms with Crippen LogP contribution in [0.15, 0.2) is 54.6 Å². The molecule has 1 N–H and O–H groups in total. The standard InChI is InChI=1S/C20H21N3/c1-15-6-8-16(9-7-15)18-14-20(23-12-10-21-11-13-23)22-19-5-3-2-4-17(18)19/h2-9,14,21H,10-13H2,1H3. The van der Waals surface area contributed by atoms with Gasteiger partial charge in [-0.05, 0) is 30.2 Å². The number of hydrogen-bond acceptors (Lipinski definition) is 3. The molecule has 0 atom stereocenters. The molecule has 1 saturated heterocycles. The van der Waals surface area contributed by atoms with Gasteiger partial charge in [-0.2, -0.15) is 0 Å². The fourth-order valence-corrected chi connectivity index (χ4v) is 3.19. The van der Waals surface area contributed by atoms with Crippen LogP contribution in [0.25, 0.3) is 22.0 Å². The Labute approximate surface area is 137 Å². The van der Waals surface area contributed by atoms with E-state index >= 15 is 0 Å². The summed E-state index contributed by atoms with van der Waals surface area (Å²) in [6.07, 6.45) is 0. The zero-order chi connectivity index (χ0) is 15.6. The molecule has 0 amide bonds. The molecule has 116 valence electrons. The average molecular weight is 303 g/mol. The van der Waals surface area contributed by atoms with Crippen molar-refractivity contribution in [2.24, 2.45) is 0 Å². The summed E-state index contributed by atoms with van der Waals surface area (Å²) < 4.78 is 0. The lowest BCUT2D eigenvalue weighted by molar-refractivity contribution is 0.585. The maximum atomic E-state index is 4.90. The van der Waals surface area contributed by atoms with Crippen molar-refractivity contribution in [2.75, 3.05) is 31.1 Å². The van der Waals surface area contributed by atoms with Gasteiger partial charge in [0.15, 0.2) is 0 Å². The molecule has 1 fully saturated rings. The molecule has 0 saturated carbocycles. The zero-order valence-electron chi connectivity index (χ0n) is 13.4. The summed E-state index contributed by atoms with van der Waals surface area (Å²) in [6.45, 7) is 6.20. The first-order valence-electron chi connectivity index (χ1n) is 8.24. The Morgan fingerprint density at radius 3 is 2.48 bits per heavy atom. The van der Waals surface area contributed by atoms with Gasteiger partial charge in [-0.15, -0.1) is 0 Å². The third-order valence-corrected chi connectivity index (χ3v) is 4.51. The summed E-state index contributed by atoms with van der Waals surface area (Å²) in [7, 11) is 0. The normalized spacial score (nSPS) is 15.1.